The Morgan fingerprint density at radius 3 is 2.85 bits per heavy atom. The maximum Gasteiger partial charge on any atom is 0.318 e. The topological polar surface area (TPSA) is 54.5 Å². The van der Waals surface area contributed by atoms with Crippen LogP contribution in [0.5, 0.6) is 0 Å². The molecule has 5 heteroatoms. The van der Waals surface area contributed by atoms with Crippen LogP contribution in [-0.2, 0) is 4.74 Å². The highest BCUT2D eigenvalue weighted by Crippen LogP contribution is 2.61. The predicted molar refractivity (Wildman–Crippen MR) is 98.5 cm³/mol. The Morgan fingerprint density at radius 2 is 2.15 bits per heavy atom. The molecule has 1 N–H and O–H groups in total. The smallest absolute Gasteiger partial charge is 0.318 e. The molecule has 140 valence electrons. The van der Waals surface area contributed by atoms with Crippen LogP contribution in [0.2, 0.25) is 0 Å². The standard InChI is InChI=1S/C21H29N3O2/c1-20(2)13-24(17(20)14-6-5-10-22-12-14)19(25)23-16-15-7-11-26-18(15)21(16)8-3-4-9-21/h5-6,10,12,15-18H,3-4,7-9,11,13H2,1-2H3,(H,23,25). The second-order valence-corrected chi connectivity index (χ2v) is 9.42. The molecule has 1 aromatic rings. The van der Waals surface area contributed by atoms with Gasteiger partial charge < -0.3 is 15.0 Å². The van der Waals surface area contributed by atoms with Gasteiger partial charge in [0, 0.05) is 48.3 Å². The lowest BCUT2D eigenvalue weighted by Crippen LogP contribution is -2.71. The number of ether oxygens (including phenoxy) is 1. The highest BCUT2D eigenvalue weighted by Gasteiger charge is 2.65. The van der Waals surface area contributed by atoms with Gasteiger partial charge in [-0.25, -0.2) is 4.79 Å². The van der Waals surface area contributed by atoms with Gasteiger partial charge in [-0.15, -0.1) is 0 Å². The van der Waals surface area contributed by atoms with Crippen molar-refractivity contribution in [1.29, 1.82) is 0 Å². The maximum atomic E-state index is 13.2. The minimum absolute atomic E-state index is 0.0873. The van der Waals surface area contributed by atoms with Gasteiger partial charge >= 0.3 is 6.03 Å². The molecule has 4 fully saturated rings. The molecule has 2 aliphatic heterocycles. The number of carbonyl (C=O) groups is 1. The lowest BCUT2D eigenvalue weighted by molar-refractivity contribution is -0.129. The second-order valence-electron chi connectivity index (χ2n) is 9.42. The van der Waals surface area contributed by atoms with Crippen LogP contribution in [0.3, 0.4) is 0 Å². The van der Waals surface area contributed by atoms with Crippen LogP contribution >= 0.6 is 0 Å². The molecule has 5 rings (SSSR count). The molecule has 5 nitrogen and oxygen atoms in total. The van der Waals surface area contributed by atoms with E-state index in [4.69, 9.17) is 4.74 Å². The Labute approximate surface area is 155 Å². The zero-order chi connectivity index (χ0) is 17.9. The molecule has 26 heavy (non-hydrogen) atoms. The molecule has 0 bridgehead atoms. The van der Waals surface area contributed by atoms with Crippen molar-refractivity contribution in [2.75, 3.05) is 13.2 Å². The molecule has 1 aromatic heterocycles. The van der Waals surface area contributed by atoms with Crippen molar-refractivity contribution in [3.8, 4) is 0 Å². The summed E-state index contributed by atoms with van der Waals surface area (Å²) < 4.78 is 6.05. The lowest BCUT2D eigenvalue weighted by Gasteiger charge is -2.59. The van der Waals surface area contributed by atoms with Crippen LogP contribution in [0.15, 0.2) is 24.5 Å². The number of pyridine rings is 1. The van der Waals surface area contributed by atoms with Crippen LogP contribution in [0.1, 0.15) is 57.6 Å². The van der Waals surface area contributed by atoms with Gasteiger partial charge in [0.2, 0.25) is 0 Å². The first kappa shape index (κ1) is 16.5. The van der Waals surface area contributed by atoms with Gasteiger partial charge in [0.05, 0.1) is 12.1 Å². The molecule has 4 aliphatic rings. The van der Waals surface area contributed by atoms with E-state index in [1.165, 1.54) is 25.7 Å². The van der Waals surface area contributed by atoms with E-state index in [0.717, 1.165) is 25.1 Å². The van der Waals surface area contributed by atoms with E-state index in [0.29, 0.717) is 18.1 Å². The minimum atomic E-state index is 0.0873. The number of hydrogen-bond acceptors (Lipinski definition) is 3. The Hall–Kier alpha value is -1.62. The number of rotatable bonds is 2. The third-order valence-corrected chi connectivity index (χ3v) is 7.46. The first-order valence-corrected chi connectivity index (χ1v) is 10.1. The average Bonchev–Trinajstić information content (AvgIpc) is 3.27. The number of carbonyl (C=O) groups excluding carboxylic acids is 1. The van der Waals surface area contributed by atoms with Crippen molar-refractivity contribution >= 4 is 6.03 Å². The molecule has 1 spiro atoms. The quantitative estimate of drug-likeness (QED) is 0.883. The van der Waals surface area contributed by atoms with Crippen molar-refractivity contribution in [2.45, 2.75) is 64.1 Å². The fourth-order valence-corrected chi connectivity index (χ4v) is 6.40. The molecule has 2 amide bonds. The molecule has 0 radical (unpaired) electrons. The van der Waals surface area contributed by atoms with E-state index in [9.17, 15) is 4.79 Å². The average molecular weight is 355 g/mol. The zero-order valence-electron chi connectivity index (χ0n) is 15.8. The van der Waals surface area contributed by atoms with E-state index in [2.05, 4.69) is 30.2 Å². The van der Waals surface area contributed by atoms with Crippen molar-refractivity contribution in [1.82, 2.24) is 15.2 Å². The first-order valence-electron chi connectivity index (χ1n) is 10.1. The Balaban J connectivity index is 1.34. The molecule has 2 aliphatic carbocycles. The van der Waals surface area contributed by atoms with Crippen molar-refractivity contribution < 1.29 is 9.53 Å². The molecule has 4 atom stereocenters. The molecular weight excluding hydrogens is 326 g/mol. The normalized spacial score (nSPS) is 36.3. The number of hydrogen-bond donors (Lipinski definition) is 1. The number of nitrogens with one attached hydrogen (secondary N) is 1. The van der Waals surface area contributed by atoms with Gasteiger partial charge in [0.25, 0.3) is 0 Å². The van der Waals surface area contributed by atoms with Gasteiger partial charge in [0.15, 0.2) is 0 Å². The van der Waals surface area contributed by atoms with E-state index in [1.807, 2.05) is 17.2 Å². The van der Waals surface area contributed by atoms with Gasteiger partial charge in [-0.2, -0.15) is 0 Å². The van der Waals surface area contributed by atoms with Gasteiger partial charge in [-0.3, -0.25) is 4.98 Å². The SMILES string of the molecule is CC1(C)CN(C(=O)NC2C3CCOC3C23CCCC3)C1c1cccnc1. The zero-order valence-corrected chi connectivity index (χ0v) is 15.8. The van der Waals surface area contributed by atoms with E-state index >= 15 is 0 Å². The molecule has 2 saturated heterocycles. The monoisotopic (exact) mass is 355 g/mol. The summed E-state index contributed by atoms with van der Waals surface area (Å²) in [4.78, 5) is 19.4. The van der Waals surface area contributed by atoms with Crippen molar-refractivity contribution in [3.63, 3.8) is 0 Å². The summed E-state index contributed by atoms with van der Waals surface area (Å²) in [6.45, 7) is 6.12. The van der Waals surface area contributed by atoms with Crippen molar-refractivity contribution in [3.05, 3.63) is 30.1 Å². The van der Waals surface area contributed by atoms with E-state index in [-0.39, 0.29) is 22.9 Å². The third kappa shape index (κ3) is 2.19. The number of aromatic nitrogens is 1. The molecule has 3 heterocycles. The summed E-state index contributed by atoms with van der Waals surface area (Å²) in [6, 6.07) is 4.54. The Kier molecular flexibility index (Phi) is 3.62. The second kappa shape index (κ2) is 5.69. The van der Waals surface area contributed by atoms with Crippen LogP contribution in [-0.4, -0.2) is 41.2 Å². The first-order chi connectivity index (χ1) is 12.5. The summed E-state index contributed by atoms with van der Waals surface area (Å²) in [5, 5.41) is 3.45. The van der Waals surface area contributed by atoms with Crippen LogP contribution in [0.25, 0.3) is 0 Å². The number of urea groups is 1. The number of amides is 2. The van der Waals surface area contributed by atoms with Crippen LogP contribution in [0.4, 0.5) is 4.79 Å². The number of nitrogens with zero attached hydrogens (tertiary/aromatic N) is 2. The summed E-state index contributed by atoms with van der Waals surface area (Å²) in [5.41, 5.74) is 1.43. The summed E-state index contributed by atoms with van der Waals surface area (Å²) in [7, 11) is 0. The predicted octanol–water partition coefficient (Wildman–Crippen LogP) is 3.52. The van der Waals surface area contributed by atoms with Crippen molar-refractivity contribution in [2.24, 2.45) is 16.7 Å². The summed E-state index contributed by atoms with van der Waals surface area (Å²) in [5.74, 6) is 0.517. The van der Waals surface area contributed by atoms with Gasteiger partial charge in [0.1, 0.15) is 0 Å². The van der Waals surface area contributed by atoms with E-state index in [1.54, 1.807) is 6.20 Å². The maximum absolute atomic E-state index is 13.2. The molecule has 0 aromatic carbocycles. The lowest BCUT2D eigenvalue weighted by atomic mass is 9.54. The number of fused-ring (bicyclic) bond motifs is 2. The number of likely N-dealkylation sites (tertiary alicyclic amines) is 1. The van der Waals surface area contributed by atoms with Crippen LogP contribution in [0, 0.1) is 16.7 Å². The molecule has 2 saturated carbocycles. The Morgan fingerprint density at radius 1 is 1.35 bits per heavy atom. The van der Waals surface area contributed by atoms with E-state index < -0.39 is 0 Å². The summed E-state index contributed by atoms with van der Waals surface area (Å²) >= 11 is 0. The molecule has 4 unspecified atom stereocenters. The highest BCUT2D eigenvalue weighted by molar-refractivity contribution is 5.77. The highest BCUT2D eigenvalue weighted by atomic mass is 16.5. The van der Waals surface area contributed by atoms with Gasteiger partial charge in [-0.05, 0) is 30.9 Å². The fraction of sp³-hybridized carbons (Fsp3) is 0.714. The Bertz CT molecular complexity index is 698. The minimum Gasteiger partial charge on any atom is -0.377 e. The largest absolute Gasteiger partial charge is 0.377 e. The third-order valence-electron chi connectivity index (χ3n) is 7.46. The summed E-state index contributed by atoms with van der Waals surface area (Å²) in [6.07, 6.45) is 10.1. The fourth-order valence-electron chi connectivity index (χ4n) is 6.40. The van der Waals surface area contributed by atoms with Crippen LogP contribution < -0.4 is 5.32 Å². The van der Waals surface area contributed by atoms with Gasteiger partial charge in [-0.1, -0.05) is 32.8 Å². The molecular formula is C21H29N3O2.